The number of carbonyl (C=O) groups excluding carboxylic acids is 8. The Morgan fingerprint density at radius 2 is 1.20 bits per heavy atom. The molecule has 0 unspecified atom stereocenters. The lowest BCUT2D eigenvalue weighted by molar-refractivity contribution is -0.152. The number of ketones is 4. The van der Waals surface area contributed by atoms with Crippen molar-refractivity contribution >= 4 is 52.6 Å². The predicted molar refractivity (Wildman–Crippen MR) is 262 cm³/mol. The van der Waals surface area contributed by atoms with Crippen LogP contribution in [0.15, 0.2) is 75.7 Å². The van der Waals surface area contributed by atoms with E-state index in [2.05, 4.69) is 21.3 Å². The Morgan fingerprint density at radius 3 is 1.78 bits per heavy atom. The fraction of sp³-hybridized carbons (Fsp3) is 0.451. The highest BCUT2D eigenvalue weighted by atomic mass is 16.4. The molecule has 0 heterocycles. The summed E-state index contributed by atoms with van der Waals surface area (Å²) < 4.78 is 0. The molecule has 0 aromatic heterocycles. The summed E-state index contributed by atoms with van der Waals surface area (Å²) in [5, 5.41) is 126. The number of fused-ring (bicyclic) bond motifs is 6. The van der Waals surface area contributed by atoms with Crippen LogP contribution in [-0.2, 0) is 35.2 Å². The van der Waals surface area contributed by atoms with E-state index in [1.165, 1.54) is 63.2 Å². The minimum atomic E-state index is -2.98. The SMILES string of the molecule is CN(C)[C@@H]1C(O)=C(C(N)=O)C(=O)[C@@]2(O)C(O)=C3C(=O)c4c(ccc(NC(=O)NCCCCCC(=O)NCCN[C@@H]5C(O)=C(C(N)=O)C(=O)[C@@]6(O)C(O)=C7C(=O)c8c(O)cccc8[C@@](C)(O)[C@H]7C[C@@H]56)c4O)[C@@](C)(O)[C@H]3C[C@@H]12. The second-order valence-corrected chi connectivity index (χ2v) is 20.7. The van der Waals surface area contributed by atoms with E-state index in [0.717, 1.165) is 0 Å². The number of nitrogens with zero attached hydrogens (tertiary/aromatic N) is 1. The van der Waals surface area contributed by atoms with Crippen LogP contribution >= 0.6 is 0 Å². The smallest absolute Gasteiger partial charge is 0.319 e. The van der Waals surface area contributed by atoms with E-state index < -0.39 is 174 Å². The molecule has 6 aliphatic rings. The van der Waals surface area contributed by atoms with Crippen molar-refractivity contribution in [2.24, 2.45) is 35.1 Å². The zero-order chi connectivity index (χ0) is 56.0. The van der Waals surface area contributed by atoms with Crippen LogP contribution in [0.4, 0.5) is 10.5 Å². The molecule has 8 rings (SSSR count). The molecule has 0 radical (unpaired) electrons. The summed E-state index contributed by atoms with van der Waals surface area (Å²) in [5.41, 5.74) is -3.60. The highest BCUT2D eigenvalue weighted by molar-refractivity contribution is 6.26. The van der Waals surface area contributed by atoms with Gasteiger partial charge in [0.15, 0.2) is 28.5 Å². The second-order valence-electron chi connectivity index (χ2n) is 20.7. The number of aliphatic hydroxyl groups excluding tert-OH is 4. The van der Waals surface area contributed by atoms with E-state index in [1.807, 2.05) is 0 Å². The number of anilines is 1. The molecule has 10 atom stereocenters. The number of benzene rings is 2. The number of nitrogens with one attached hydrogen (secondary N) is 4. The van der Waals surface area contributed by atoms with E-state index in [4.69, 9.17) is 11.5 Å². The predicted octanol–water partition coefficient (Wildman–Crippen LogP) is -0.589. The van der Waals surface area contributed by atoms with Gasteiger partial charge in [-0.3, -0.25) is 38.5 Å². The normalized spacial score (nSPS) is 30.8. The van der Waals surface area contributed by atoms with Crippen LogP contribution in [0.1, 0.15) is 84.2 Å². The van der Waals surface area contributed by atoms with Crippen molar-refractivity contribution in [1.29, 1.82) is 0 Å². The molecule has 0 bridgehead atoms. The van der Waals surface area contributed by atoms with Crippen LogP contribution in [0.5, 0.6) is 11.5 Å². The first-order valence-corrected chi connectivity index (χ1v) is 24.3. The molecule has 0 spiro atoms. The number of primary amides is 2. The summed E-state index contributed by atoms with van der Waals surface area (Å²) in [6, 6.07) is 2.93. The van der Waals surface area contributed by atoms with Gasteiger partial charge in [-0.2, -0.15) is 0 Å². The summed E-state index contributed by atoms with van der Waals surface area (Å²) in [5.74, 6) is -19.0. The molecule has 25 heteroatoms. The molecule has 2 aromatic carbocycles. The van der Waals surface area contributed by atoms with Gasteiger partial charge >= 0.3 is 6.03 Å². The number of aliphatic hydroxyl groups is 8. The van der Waals surface area contributed by atoms with E-state index >= 15 is 0 Å². The maximum absolute atomic E-state index is 14.2. The Balaban J connectivity index is 0.848. The van der Waals surface area contributed by atoms with Crippen molar-refractivity contribution in [1.82, 2.24) is 20.9 Å². The van der Waals surface area contributed by atoms with Gasteiger partial charge in [-0.25, -0.2) is 4.79 Å². The van der Waals surface area contributed by atoms with Gasteiger partial charge < -0.3 is 83.8 Å². The third-order valence-corrected chi connectivity index (χ3v) is 16.1. The third-order valence-electron chi connectivity index (χ3n) is 16.1. The number of hydrogen-bond donors (Lipinski definition) is 16. The summed E-state index contributed by atoms with van der Waals surface area (Å²) in [6.45, 7) is 2.46. The van der Waals surface area contributed by atoms with Gasteiger partial charge in [0.05, 0.1) is 40.1 Å². The van der Waals surface area contributed by atoms with Crippen LogP contribution in [0, 0.1) is 23.7 Å². The van der Waals surface area contributed by atoms with Crippen LogP contribution in [0.25, 0.3) is 0 Å². The number of likely N-dealkylation sites (N-methyl/N-ethyl adjacent to an activating group) is 1. The largest absolute Gasteiger partial charge is 0.510 e. The number of nitrogens with two attached hydrogens (primary N) is 2. The average Bonchev–Trinajstić information content (AvgIpc) is 3.34. The van der Waals surface area contributed by atoms with Crippen LogP contribution in [0.3, 0.4) is 0 Å². The molecule has 6 aliphatic carbocycles. The molecule has 76 heavy (non-hydrogen) atoms. The Bertz CT molecular complexity index is 3080. The molecule has 25 nitrogen and oxygen atoms in total. The summed E-state index contributed by atoms with van der Waals surface area (Å²) in [6.07, 6.45) is 0.398. The summed E-state index contributed by atoms with van der Waals surface area (Å²) in [7, 11) is 2.94. The first-order chi connectivity index (χ1) is 35.5. The van der Waals surface area contributed by atoms with E-state index in [0.29, 0.717) is 19.3 Å². The van der Waals surface area contributed by atoms with Crippen LogP contribution in [-0.4, -0.2) is 160 Å². The van der Waals surface area contributed by atoms with E-state index in [-0.39, 0.29) is 54.9 Å². The molecular weight excluding hydrogens is 999 g/mol. The Labute approximate surface area is 432 Å². The molecule has 406 valence electrons. The number of aromatic hydroxyl groups is 2. The summed E-state index contributed by atoms with van der Waals surface area (Å²) >= 11 is 0. The van der Waals surface area contributed by atoms with Gasteiger partial charge in [0.2, 0.25) is 17.5 Å². The highest BCUT2D eigenvalue weighted by Crippen LogP contribution is 2.59. The van der Waals surface area contributed by atoms with Gasteiger partial charge in [0.1, 0.15) is 39.9 Å². The number of unbranched alkanes of at least 4 members (excludes halogenated alkanes) is 2. The number of Topliss-reactive ketones (excluding diaryl/α,β-unsaturated/α-hetero) is 4. The quantitative estimate of drug-likeness (QED) is 0.0639. The first-order valence-electron chi connectivity index (χ1n) is 24.3. The van der Waals surface area contributed by atoms with Gasteiger partial charge in [0, 0.05) is 60.9 Å². The molecule has 18 N–H and O–H groups in total. The van der Waals surface area contributed by atoms with E-state index in [1.54, 1.807) is 0 Å². The number of carbonyl (C=O) groups is 8. The fourth-order valence-electron chi connectivity index (χ4n) is 12.3. The van der Waals surface area contributed by atoms with Gasteiger partial charge in [-0.1, -0.05) is 24.6 Å². The van der Waals surface area contributed by atoms with Crippen molar-refractivity contribution in [2.75, 3.05) is 39.0 Å². The van der Waals surface area contributed by atoms with E-state index in [9.17, 15) is 89.4 Å². The molecule has 0 aliphatic heterocycles. The lowest BCUT2D eigenvalue weighted by atomic mass is 9.55. The maximum Gasteiger partial charge on any atom is 0.319 e. The molecule has 2 aromatic rings. The fourth-order valence-corrected chi connectivity index (χ4v) is 12.3. The second kappa shape index (κ2) is 19.2. The summed E-state index contributed by atoms with van der Waals surface area (Å²) in [4.78, 5) is 107. The van der Waals surface area contributed by atoms with Crippen molar-refractivity contribution in [3.05, 3.63) is 97.9 Å². The Kier molecular flexibility index (Phi) is 13.8. The lowest BCUT2D eigenvalue weighted by Crippen LogP contribution is -2.65. The number of amides is 5. The van der Waals surface area contributed by atoms with Gasteiger partial charge in [0.25, 0.3) is 11.8 Å². The van der Waals surface area contributed by atoms with Crippen molar-refractivity contribution in [2.45, 2.75) is 86.9 Å². The van der Waals surface area contributed by atoms with Crippen molar-refractivity contribution < 1.29 is 89.4 Å². The minimum Gasteiger partial charge on any atom is -0.510 e. The first kappa shape index (κ1) is 54.6. The van der Waals surface area contributed by atoms with Crippen LogP contribution in [0.2, 0.25) is 0 Å². The number of phenols is 2. The van der Waals surface area contributed by atoms with Gasteiger partial charge in [-0.15, -0.1) is 0 Å². The number of urea groups is 1. The number of rotatable bonds is 14. The topological polar surface area (TPSA) is 442 Å². The van der Waals surface area contributed by atoms with Gasteiger partial charge in [-0.05, 0) is 76.9 Å². The highest BCUT2D eigenvalue weighted by Gasteiger charge is 2.67. The third kappa shape index (κ3) is 8.06. The number of phenolic OH excluding ortho intramolecular Hbond substituents is 2. The standard InChI is InChI=1S/C51H59N7O18/c1-48(73)19-9-8-10-26(59)28(19)37(62)30-21(48)17-23-34(39(64)32(45(52)70)43(68)50(23,75)41(30)66)55-16-15-54-27(60)11-6-5-7-14-56-47(72)57-25-13-12-20-29(36(25)61)38(63)31-22(49(20,2)74)18-24-35(58(3)4)40(65)33(46(53)71)44(69)51(24,76)42(31)67/h8-10,12-13,21-24,34-35,55,59,61,64-67,73-76H,5-7,11,14-18H2,1-4H3,(H2,52,70)(H2,53,71)(H,54,60)(H2,56,57,72)/t21-,22-,23-,24-,34-,35-,48+,49+,50-,51-/m0/s1. The molecule has 0 fully saturated rings. The lowest BCUT2D eigenvalue weighted by Gasteiger charge is -2.52. The van der Waals surface area contributed by atoms with Crippen molar-refractivity contribution in [3.63, 3.8) is 0 Å². The number of hydrogen-bond acceptors (Lipinski definition) is 20. The minimum absolute atomic E-state index is 0.0210. The maximum atomic E-state index is 14.2. The molecule has 0 saturated heterocycles. The molecule has 5 amide bonds. The zero-order valence-corrected chi connectivity index (χ0v) is 41.6. The Morgan fingerprint density at radius 1 is 0.658 bits per heavy atom. The Hall–Kier alpha value is -7.68. The van der Waals surface area contributed by atoms with Crippen LogP contribution < -0.4 is 32.7 Å². The van der Waals surface area contributed by atoms with Crippen molar-refractivity contribution in [3.8, 4) is 11.5 Å². The molecule has 0 saturated carbocycles. The monoisotopic (exact) mass is 1060 g/mol. The average molecular weight is 1060 g/mol. The molecular formula is C51H59N7O18. The zero-order valence-electron chi connectivity index (χ0n) is 41.6.